The average molecular weight is 287 g/mol. The molecule has 1 fully saturated rings. The van der Waals surface area contributed by atoms with Crippen LogP contribution in [0, 0.1) is 6.92 Å². The van der Waals surface area contributed by atoms with Crippen LogP contribution in [0.1, 0.15) is 25.1 Å². The highest BCUT2D eigenvalue weighted by Crippen LogP contribution is 2.32. The molecule has 0 unspecified atom stereocenters. The van der Waals surface area contributed by atoms with Gasteiger partial charge >= 0.3 is 0 Å². The Labute approximate surface area is 122 Å². The number of carbonyl (C=O) groups is 1. The van der Waals surface area contributed by atoms with Crippen LogP contribution < -0.4 is 10.2 Å². The standard InChI is InChI=1S/C14H17N5O2/c1-10(20)17-14(13-16-11(2)21-18-13)6-8-19(9-14)12-5-3-4-7-15-12/h3-5,7H,6,8-9H2,1-2H3,(H,17,20)/t14-/m1/s1. The summed E-state index contributed by atoms with van der Waals surface area (Å²) in [6.07, 6.45) is 2.47. The molecule has 2 aromatic heterocycles. The second-order valence-electron chi connectivity index (χ2n) is 5.26. The highest BCUT2D eigenvalue weighted by molar-refractivity contribution is 5.74. The van der Waals surface area contributed by atoms with E-state index in [-0.39, 0.29) is 5.91 Å². The van der Waals surface area contributed by atoms with Gasteiger partial charge in [0.2, 0.25) is 11.8 Å². The van der Waals surface area contributed by atoms with Gasteiger partial charge in [0.05, 0.1) is 0 Å². The fraction of sp³-hybridized carbons (Fsp3) is 0.429. The van der Waals surface area contributed by atoms with E-state index in [4.69, 9.17) is 4.52 Å². The molecule has 1 N–H and O–H groups in total. The molecule has 1 aliphatic rings. The largest absolute Gasteiger partial charge is 0.354 e. The molecule has 7 nitrogen and oxygen atoms in total. The van der Waals surface area contributed by atoms with Gasteiger partial charge in [-0.05, 0) is 18.6 Å². The van der Waals surface area contributed by atoms with Crippen molar-refractivity contribution in [2.45, 2.75) is 25.8 Å². The molecule has 0 saturated carbocycles. The van der Waals surface area contributed by atoms with Gasteiger partial charge < -0.3 is 14.7 Å². The van der Waals surface area contributed by atoms with Crippen LogP contribution in [-0.2, 0) is 10.3 Å². The Bertz CT molecular complexity index is 642. The molecule has 0 bridgehead atoms. The smallest absolute Gasteiger partial charge is 0.223 e. The Balaban J connectivity index is 1.90. The van der Waals surface area contributed by atoms with Crippen molar-refractivity contribution in [3.63, 3.8) is 0 Å². The molecule has 0 aromatic carbocycles. The summed E-state index contributed by atoms with van der Waals surface area (Å²) < 4.78 is 5.08. The number of aromatic nitrogens is 3. The molecular weight excluding hydrogens is 270 g/mol. The van der Waals surface area contributed by atoms with Gasteiger partial charge in [-0.2, -0.15) is 4.98 Å². The molecule has 3 rings (SSSR count). The number of nitrogens with zero attached hydrogens (tertiary/aromatic N) is 4. The minimum absolute atomic E-state index is 0.111. The summed E-state index contributed by atoms with van der Waals surface area (Å²) in [4.78, 5) is 22.4. The first-order valence-corrected chi connectivity index (χ1v) is 6.85. The minimum Gasteiger partial charge on any atom is -0.354 e. The van der Waals surface area contributed by atoms with Crippen molar-refractivity contribution in [2.75, 3.05) is 18.0 Å². The number of nitrogens with one attached hydrogen (secondary N) is 1. The molecule has 1 amide bonds. The van der Waals surface area contributed by atoms with Crippen molar-refractivity contribution >= 4 is 11.7 Å². The van der Waals surface area contributed by atoms with Crippen LogP contribution in [0.4, 0.5) is 5.82 Å². The Morgan fingerprint density at radius 3 is 2.95 bits per heavy atom. The number of hydrogen-bond donors (Lipinski definition) is 1. The molecule has 0 aliphatic carbocycles. The third-order valence-electron chi connectivity index (χ3n) is 3.61. The minimum atomic E-state index is -0.624. The van der Waals surface area contributed by atoms with Gasteiger partial charge in [-0.15, -0.1) is 0 Å². The summed E-state index contributed by atoms with van der Waals surface area (Å²) in [5.74, 6) is 1.78. The van der Waals surface area contributed by atoms with Crippen LogP contribution in [0.5, 0.6) is 0 Å². The number of aryl methyl sites for hydroxylation is 1. The van der Waals surface area contributed by atoms with E-state index >= 15 is 0 Å². The van der Waals surface area contributed by atoms with E-state index < -0.39 is 5.54 Å². The maximum atomic E-state index is 11.6. The average Bonchev–Trinajstić information content (AvgIpc) is 3.07. The van der Waals surface area contributed by atoms with Crippen LogP contribution in [0.2, 0.25) is 0 Å². The first-order valence-electron chi connectivity index (χ1n) is 6.85. The van der Waals surface area contributed by atoms with E-state index in [9.17, 15) is 4.79 Å². The normalized spacial score (nSPS) is 21.5. The maximum absolute atomic E-state index is 11.6. The lowest BCUT2D eigenvalue weighted by Gasteiger charge is -2.27. The van der Waals surface area contributed by atoms with Crippen LogP contribution in [-0.4, -0.2) is 34.1 Å². The van der Waals surface area contributed by atoms with Crippen molar-refractivity contribution < 1.29 is 9.32 Å². The van der Waals surface area contributed by atoms with Crippen LogP contribution >= 0.6 is 0 Å². The van der Waals surface area contributed by atoms with Gasteiger partial charge in [0.1, 0.15) is 11.4 Å². The number of pyridine rings is 1. The summed E-state index contributed by atoms with van der Waals surface area (Å²) >= 11 is 0. The quantitative estimate of drug-likeness (QED) is 0.907. The van der Waals surface area contributed by atoms with E-state index in [1.807, 2.05) is 18.2 Å². The summed E-state index contributed by atoms with van der Waals surface area (Å²) in [6.45, 7) is 4.58. The van der Waals surface area contributed by atoms with Crippen LogP contribution in [0.15, 0.2) is 28.9 Å². The van der Waals surface area contributed by atoms with Crippen molar-refractivity contribution in [3.8, 4) is 0 Å². The first kappa shape index (κ1) is 13.5. The molecule has 21 heavy (non-hydrogen) atoms. The Kier molecular flexibility index (Phi) is 3.32. The summed E-state index contributed by atoms with van der Waals surface area (Å²) in [7, 11) is 0. The van der Waals surface area contributed by atoms with E-state index in [2.05, 4.69) is 25.3 Å². The van der Waals surface area contributed by atoms with E-state index in [0.717, 1.165) is 12.4 Å². The maximum Gasteiger partial charge on any atom is 0.223 e. The van der Waals surface area contributed by atoms with Crippen LogP contribution in [0.25, 0.3) is 0 Å². The highest BCUT2D eigenvalue weighted by Gasteiger charge is 2.44. The molecule has 7 heteroatoms. The molecule has 3 heterocycles. The summed E-state index contributed by atoms with van der Waals surface area (Å²) in [6, 6.07) is 5.77. The SMILES string of the molecule is CC(=O)N[C@]1(c2noc(C)n2)CCN(c2ccccn2)C1. The number of amides is 1. The van der Waals surface area contributed by atoms with Gasteiger partial charge in [0, 0.05) is 33.1 Å². The third-order valence-corrected chi connectivity index (χ3v) is 3.61. The zero-order valence-electron chi connectivity index (χ0n) is 12.0. The third kappa shape index (κ3) is 2.58. The lowest BCUT2D eigenvalue weighted by molar-refractivity contribution is -0.120. The lowest BCUT2D eigenvalue weighted by Crippen LogP contribution is -2.48. The molecular formula is C14H17N5O2. The molecule has 1 aliphatic heterocycles. The van der Waals surface area contributed by atoms with Gasteiger partial charge in [0.25, 0.3) is 0 Å². The molecule has 0 radical (unpaired) electrons. The fourth-order valence-corrected chi connectivity index (χ4v) is 2.72. The molecule has 1 saturated heterocycles. The number of anilines is 1. The van der Waals surface area contributed by atoms with Crippen molar-refractivity contribution in [2.24, 2.45) is 0 Å². The zero-order valence-corrected chi connectivity index (χ0v) is 12.0. The Morgan fingerprint density at radius 2 is 2.33 bits per heavy atom. The van der Waals surface area contributed by atoms with Crippen molar-refractivity contribution in [1.29, 1.82) is 0 Å². The van der Waals surface area contributed by atoms with Gasteiger partial charge in [0.15, 0.2) is 5.82 Å². The zero-order chi connectivity index (χ0) is 14.9. The van der Waals surface area contributed by atoms with Gasteiger partial charge in [-0.1, -0.05) is 11.2 Å². The second-order valence-corrected chi connectivity index (χ2v) is 5.26. The topological polar surface area (TPSA) is 84.2 Å². The van der Waals surface area contributed by atoms with Gasteiger partial charge in [-0.25, -0.2) is 4.98 Å². The van der Waals surface area contributed by atoms with E-state index in [1.54, 1.807) is 13.1 Å². The summed E-state index contributed by atoms with van der Waals surface area (Å²) in [5.41, 5.74) is -0.624. The Morgan fingerprint density at radius 1 is 1.48 bits per heavy atom. The Hall–Kier alpha value is -2.44. The van der Waals surface area contributed by atoms with E-state index in [0.29, 0.717) is 24.7 Å². The molecule has 1 atom stereocenters. The predicted octanol–water partition coefficient (Wildman–Crippen LogP) is 1.01. The molecule has 2 aromatic rings. The number of hydrogen-bond acceptors (Lipinski definition) is 6. The first-order chi connectivity index (χ1) is 10.1. The monoisotopic (exact) mass is 287 g/mol. The predicted molar refractivity (Wildman–Crippen MR) is 75.6 cm³/mol. The lowest BCUT2D eigenvalue weighted by atomic mass is 9.97. The van der Waals surface area contributed by atoms with Crippen molar-refractivity contribution in [1.82, 2.24) is 20.4 Å². The molecule has 0 spiro atoms. The van der Waals surface area contributed by atoms with Crippen molar-refractivity contribution in [3.05, 3.63) is 36.1 Å². The number of carbonyl (C=O) groups excluding carboxylic acids is 1. The molecule has 110 valence electrons. The fourth-order valence-electron chi connectivity index (χ4n) is 2.72. The van der Waals surface area contributed by atoms with Crippen LogP contribution in [0.3, 0.4) is 0 Å². The summed E-state index contributed by atoms with van der Waals surface area (Å²) in [5, 5.41) is 6.99. The second kappa shape index (κ2) is 5.16. The van der Waals surface area contributed by atoms with Gasteiger partial charge in [-0.3, -0.25) is 4.79 Å². The number of rotatable bonds is 3. The van der Waals surface area contributed by atoms with E-state index in [1.165, 1.54) is 6.92 Å². The highest BCUT2D eigenvalue weighted by atomic mass is 16.5.